The van der Waals surface area contributed by atoms with Crippen molar-refractivity contribution in [2.45, 2.75) is 38.5 Å². The van der Waals surface area contributed by atoms with Gasteiger partial charge in [-0.2, -0.15) is 0 Å². The van der Waals surface area contributed by atoms with Crippen molar-refractivity contribution in [3.8, 4) is 0 Å². The van der Waals surface area contributed by atoms with E-state index in [0.29, 0.717) is 31.5 Å². The summed E-state index contributed by atoms with van der Waals surface area (Å²) in [6, 6.07) is 20.4. The number of aliphatic carboxylic acids is 1. The second-order valence-corrected chi connectivity index (χ2v) is 8.13. The van der Waals surface area contributed by atoms with Crippen molar-refractivity contribution >= 4 is 22.9 Å². The van der Waals surface area contributed by atoms with Crippen molar-refractivity contribution in [1.82, 2.24) is 0 Å². The molecule has 0 spiro atoms. The second-order valence-electron chi connectivity index (χ2n) is 8.13. The fourth-order valence-electron chi connectivity index (χ4n) is 5.35. The molecule has 0 aromatic heterocycles. The number of hydrogen-bond acceptors (Lipinski definition) is 2. The maximum Gasteiger partial charge on any atom is 0.303 e. The van der Waals surface area contributed by atoms with E-state index in [1.807, 2.05) is 36.4 Å². The van der Waals surface area contributed by atoms with Crippen LogP contribution in [0.4, 0.5) is 0 Å². The molecule has 0 radical (unpaired) electrons. The van der Waals surface area contributed by atoms with E-state index in [1.165, 1.54) is 11.1 Å². The Bertz CT molecular complexity index is 972. The number of carboxylic acid groups (broad SMARTS) is 1. The molecular formula is C26H26O3. The summed E-state index contributed by atoms with van der Waals surface area (Å²) in [6.45, 7) is 4.51. The molecule has 4 rings (SSSR count). The van der Waals surface area contributed by atoms with Gasteiger partial charge in [-0.3, -0.25) is 9.59 Å². The van der Waals surface area contributed by atoms with Gasteiger partial charge >= 0.3 is 5.97 Å². The largest absolute Gasteiger partial charge is 0.481 e. The molecule has 1 saturated carbocycles. The molecular weight excluding hydrogens is 360 g/mol. The molecule has 1 unspecified atom stereocenters. The predicted molar refractivity (Wildman–Crippen MR) is 115 cm³/mol. The van der Waals surface area contributed by atoms with Crippen LogP contribution in [0.5, 0.6) is 0 Å². The maximum atomic E-state index is 12.9. The van der Waals surface area contributed by atoms with Crippen molar-refractivity contribution in [3.05, 3.63) is 83.9 Å². The van der Waals surface area contributed by atoms with E-state index in [-0.39, 0.29) is 12.3 Å². The van der Waals surface area contributed by atoms with Gasteiger partial charge in [-0.1, -0.05) is 72.8 Å². The fourth-order valence-corrected chi connectivity index (χ4v) is 5.35. The number of benzene rings is 2. The highest BCUT2D eigenvalue weighted by Crippen LogP contribution is 2.65. The summed E-state index contributed by atoms with van der Waals surface area (Å²) in [4.78, 5) is 24.0. The van der Waals surface area contributed by atoms with Crippen LogP contribution in [0.25, 0.3) is 11.1 Å². The minimum absolute atomic E-state index is 0.0924. The van der Waals surface area contributed by atoms with E-state index >= 15 is 0 Å². The molecule has 3 heteroatoms. The predicted octanol–water partition coefficient (Wildman–Crippen LogP) is 5.78. The number of carboxylic acids is 1. The maximum absolute atomic E-state index is 12.9. The van der Waals surface area contributed by atoms with Gasteiger partial charge in [0.1, 0.15) is 5.78 Å². The number of carbonyl (C=O) groups excluding carboxylic acids is 1. The summed E-state index contributed by atoms with van der Waals surface area (Å²) in [5, 5.41) is 9.08. The molecule has 29 heavy (non-hydrogen) atoms. The highest BCUT2D eigenvalue weighted by Gasteiger charge is 2.56. The highest BCUT2D eigenvalue weighted by atomic mass is 16.4. The van der Waals surface area contributed by atoms with Crippen LogP contribution < -0.4 is 0 Å². The van der Waals surface area contributed by atoms with E-state index in [4.69, 9.17) is 5.11 Å². The van der Waals surface area contributed by atoms with Crippen molar-refractivity contribution < 1.29 is 14.7 Å². The molecule has 3 nitrogen and oxygen atoms in total. The van der Waals surface area contributed by atoms with Crippen molar-refractivity contribution in [1.29, 1.82) is 0 Å². The summed E-state index contributed by atoms with van der Waals surface area (Å²) < 4.78 is 0. The number of ketones is 1. The molecule has 1 N–H and O–H groups in total. The Morgan fingerprint density at radius 2 is 1.72 bits per heavy atom. The summed E-state index contributed by atoms with van der Waals surface area (Å²) in [5.74, 6) is -0.557. The molecule has 2 aromatic carbocycles. The molecule has 0 aliphatic heterocycles. The van der Waals surface area contributed by atoms with Crippen LogP contribution in [0.2, 0.25) is 0 Å². The zero-order valence-electron chi connectivity index (χ0n) is 16.6. The van der Waals surface area contributed by atoms with Gasteiger partial charge in [0.2, 0.25) is 0 Å². The average molecular weight is 386 g/mol. The van der Waals surface area contributed by atoms with Gasteiger partial charge in [0.05, 0.1) is 0 Å². The average Bonchev–Trinajstić information content (AvgIpc) is 3.23. The molecule has 0 bridgehead atoms. The molecule has 0 saturated heterocycles. The van der Waals surface area contributed by atoms with Gasteiger partial charge < -0.3 is 5.11 Å². The van der Waals surface area contributed by atoms with Gasteiger partial charge in [-0.15, -0.1) is 0 Å². The zero-order valence-corrected chi connectivity index (χ0v) is 16.6. The molecule has 2 aliphatic carbocycles. The first-order valence-electron chi connectivity index (χ1n) is 10.3. The lowest BCUT2D eigenvalue weighted by Gasteiger charge is -2.35. The van der Waals surface area contributed by atoms with Crippen LogP contribution in [0.3, 0.4) is 0 Å². The van der Waals surface area contributed by atoms with Crippen LogP contribution in [-0.2, 0) is 9.59 Å². The number of hydrogen-bond donors (Lipinski definition) is 1. The van der Waals surface area contributed by atoms with Gasteiger partial charge in [-0.05, 0) is 48.0 Å². The molecule has 0 amide bonds. The lowest BCUT2D eigenvalue weighted by atomic mass is 9.66. The molecule has 2 aliphatic rings. The second kappa shape index (κ2) is 7.82. The van der Waals surface area contributed by atoms with E-state index in [9.17, 15) is 9.59 Å². The standard InChI is InChI=1S/C26H26O3/c1-18(19-9-4-2-5-10-19)26-16-15-23(27)22(26)17-21(13-8-14-24(28)29)25(26)20-11-6-3-7-12-20/h2-7,9-12,22H,1,8,13-17H2,(H,28,29)/t22?,26-/m0/s1. The van der Waals surface area contributed by atoms with Crippen LogP contribution in [-0.4, -0.2) is 16.9 Å². The topological polar surface area (TPSA) is 54.4 Å². The quantitative estimate of drug-likeness (QED) is 0.656. The van der Waals surface area contributed by atoms with Gasteiger partial charge in [0.25, 0.3) is 0 Å². The number of fused-ring (bicyclic) bond motifs is 1. The molecule has 2 aromatic rings. The van der Waals surface area contributed by atoms with Crippen molar-refractivity contribution in [2.75, 3.05) is 0 Å². The summed E-state index contributed by atoms with van der Waals surface area (Å²) in [5.41, 5.74) is 5.28. The third-order valence-electron chi connectivity index (χ3n) is 6.59. The summed E-state index contributed by atoms with van der Waals surface area (Å²) >= 11 is 0. The smallest absolute Gasteiger partial charge is 0.303 e. The zero-order chi connectivity index (χ0) is 20.4. The van der Waals surface area contributed by atoms with Gasteiger partial charge in [0.15, 0.2) is 0 Å². The fraction of sp³-hybridized carbons (Fsp3) is 0.308. The Morgan fingerprint density at radius 1 is 1.07 bits per heavy atom. The minimum atomic E-state index is -0.774. The van der Waals surface area contributed by atoms with Crippen molar-refractivity contribution in [3.63, 3.8) is 0 Å². The molecule has 0 heterocycles. The minimum Gasteiger partial charge on any atom is -0.481 e. The van der Waals surface area contributed by atoms with Crippen LogP contribution in [0.1, 0.15) is 49.7 Å². The lowest BCUT2D eigenvalue weighted by Crippen LogP contribution is -2.27. The number of rotatable bonds is 7. The Hall–Kier alpha value is -2.94. The van der Waals surface area contributed by atoms with E-state index in [1.54, 1.807) is 0 Å². The highest BCUT2D eigenvalue weighted by molar-refractivity contribution is 6.00. The molecule has 1 fully saturated rings. The van der Waals surface area contributed by atoms with E-state index in [0.717, 1.165) is 23.1 Å². The first-order chi connectivity index (χ1) is 14.0. The van der Waals surface area contributed by atoms with E-state index < -0.39 is 11.4 Å². The lowest BCUT2D eigenvalue weighted by molar-refractivity contribution is -0.137. The number of Topliss-reactive ketones (excluding diaryl/α,β-unsaturated/α-hetero) is 1. The van der Waals surface area contributed by atoms with Crippen LogP contribution in [0.15, 0.2) is 72.8 Å². The Balaban J connectivity index is 1.84. The monoisotopic (exact) mass is 386 g/mol. The third kappa shape index (κ3) is 3.35. The van der Waals surface area contributed by atoms with Crippen LogP contribution >= 0.6 is 0 Å². The first kappa shape index (κ1) is 19.4. The normalized spacial score (nSPS) is 23.3. The third-order valence-corrected chi connectivity index (χ3v) is 6.59. The Kier molecular flexibility index (Phi) is 5.23. The Labute approximate surface area is 171 Å². The van der Waals surface area contributed by atoms with Crippen molar-refractivity contribution in [2.24, 2.45) is 11.3 Å². The Morgan fingerprint density at radius 3 is 2.38 bits per heavy atom. The molecule has 148 valence electrons. The first-order valence-corrected chi connectivity index (χ1v) is 10.3. The van der Waals surface area contributed by atoms with Crippen LogP contribution in [0, 0.1) is 11.3 Å². The molecule has 2 atom stereocenters. The summed E-state index contributed by atoms with van der Waals surface area (Å²) in [7, 11) is 0. The summed E-state index contributed by atoms with van der Waals surface area (Å²) in [6.07, 6.45) is 3.53. The number of carbonyl (C=O) groups is 2. The van der Waals surface area contributed by atoms with Gasteiger partial charge in [-0.25, -0.2) is 0 Å². The van der Waals surface area contributed by atoms with E-state index in [2.05, 4.69) is 30.8 Å². The van der Waals surface area contributed by atoms with Gasteiger partial charge in [0, 0.05) is 24.2 Å². The number of allylic oxidation sites excluding steroid dienone is 3. The SMILES string of the molecule is C=C(c1ccccc1)[C@@]12CCC(=O)C1CC(CCCC(=O)O)=C2c1ccccc1.